The molecule has 0 aliphatic heterocycles. The molecule has 0 spiro atoms. The van der Waals surface area contributed by atoms with E-state index in [1.54, 1.807) is 0 Å². The number of nitrogen functional groups attached to an aromatic ring is 1. The molecule has 0 fully saturated rings. The highest BCUT2D eigenvalue weighted by atomic mass is 16.2. The molecule has 1 aromatic rings. The van der Waals surface area contributed by atoms with Crippen LogP contribution in [0.3, 0.4) is 0 Å². The summed E-state index contributed by atoms with van der Waals surface area (Å²) in [4.78, 5) is 8.56. The van der Waals surface area contributed by atoms with Gasteiger partial charge >= 0.3 is 0 Å². The van der Waals surface area contributed by atoms with Crippen LogP contribution < -0.4 is 5.73 Å². The molecule has 11 heavy (non-hydrogen) atoms. The number of hydrogen-bond acceptors (Lipinski definition) is 3. The third-order valence-electron chi connectivity index (χ3n) is 1.08. The first kappa shape index (κ1) is 9.62. The summed E-state index contributed by atoms with van der Waals surface area (Å²) < 4.78 is 0. The fourth-order valence-electron chi connectivity index (χ4n) is 0.566. The van der Waals surface area contributed by atoms with Gasteiger partial charge in [-0.25, -0.2) is 0 Å². The van der Waals surface area contributed by atoms with Crippen LogP contribution in [-0.4, -0.2) is 7.05 Å². The minimum absolute atomic E-state index is 0.829. The third-order valence-corrected chi connectivity index (χ3v) is 1.08. The van der Waals surface area contributed by atoms with Gasteiger partial charge in [0.05, 0.1) is 7.05 Å². The number of benzene rings is 1. The van der Waals surface area contributed by atoms with E-state index in [-0.39, 0.29) is 0 Å². The molecular weight excluding hydrogens is 140 g/mol. The zero-order valence-corrected chi connectivity index (χ0v) is 6.74. The van der Waals surface area contributed by atoms with Crippen LogP contribution in [0.15, 0.2) is 29.4 Å². The van der Waals surface area contributed by atoms with Crippen LogP contribution >= 0.6 is 0 Å². The molecular formula is C8H12N2O. The second-order valence-electron chi connectivity index (χ2n) is 2.09. The minimum atomic E-state index is 0.829. The fraction of sp³-hybridized carbons (Fsp3) is 0.250. The standard InChI is InChI=1S/C7H9N.CH3NO/c1-6-2-4-7(8)5-3-6;1-2-3/h2-5H,8H2,1H3;1H3. The zero-order valence-electron chi connectivity index (χ0n) is 6.74. The number of nitroso groups, excluding NO2 is 1. The Balaban J connectivity index is 0.000000292. The number of rotatable bonds is 0. The highest BCUT2D eigenvalue weighted by Gasteiger charge is 1.80. The lowest BCUT2D eigenvalue weighted by Gasteiger charge is -1.90. The lowest BCUT2D eigenvalue weighted by atomic mass is 10.2. The predicted molar refractivity (Wildman–Crippen MR) is 47.3 cm³/mol. The summed E-state index contributed by atoms with van der Waals surface area (Å²) in [6, 6.07) is 7.79. The Kier molecular flexibility index (Phi) is 4.73. The molecule has 0 atom stereocenters. The van der Waals surface area contributed by atoms with E-state index in [4.69, 9.17) is 10.6 Å². The molecule has 0 bridgehead atoms. The second kappa shape index (κ2) is 5.41. The Hall–Kier alpha value is -1.38. The largest absolute Gasteiger partial charge is 0.399 e. The van der Waals surface area contributed by atoms with Crippen molar-refractivity contribution >= 4 is 5.69 Å². The molecule has 0 saturated carbocycles. The van der Waals surface area contributed by atoms with Gasteiger partial charge in [0.2, 0.25) is 0 Å². The quantitative estimate of drug-likeness (QED) is 0.456. The molecule has 0 radical (unpaired) electrons. The van der Waals surface area contributed by atoms with E-state index in [9.17, 15) is 0 Å². The van der Waals surface area contributed by atoms with Crippen LogP contribution in [0.4, 0.5) is 5.69 Å². The van der Waals surface area contributed by atoms with Crippen molar-refractivity contribution in [2.75, 3.05) is 12.8 Å². The van der Waals surface area contributed by atoms with Crippen LogP contribution in [0.1, 0.15) is 5.56 Å². The number of hydrogen-bond donors (Lipinski definition) is 1. The molecule has 0 aromatic heterocycles. The Labute approximate surface area is 66.2 Å². The average molecular weight is 152 g/mol. The average Bonchev–Trinajstić information content (AvgIpc) is 1.97. The Morgan fingerprint density at radius 1 is 1.27 bits per heavy atom. The van der Waals surface area contributed by atoms with Crippen LogP contribution in [0.5, 0.6) is 0 Å². The van der Waals surface area contributed by atoms with Gasteiger partial charge in [-0.1, -0.05) is 22.9 Å². The van der Waals surface area contributed by atoms with Crippen LogP contribution in [0.2, 0.25) is 0 Å². The van der Waals surface area contributed by atoms with E-state index in [0.29, 0.717) is 0 Å². The predicted octanol–water partition coefficient (Wildman–Crippen LogP) is 1.96. The summed E-state index contributed by atoms with van der Waals surface area (Å²) in [5.74, 6) is 0. The van der Waals surface area contributed by atoms with Gasteiger partial charge in [-0.3, -0.25) is 0 Å². The van der Waals surface area contributed by atoms with Crippen molar-refractivity contribution in [1.82, 2.24) is 0 Å². The van der Waals surface area contributed by atoms with E-state index in [2.05, 4.69) is 5.18 Å². The van der Waals surface area contributed by atoms with Gasteiger partial charge in [0.25, 0.3) is 0 Å². The van der Waals surface area contributed by atoms with Crippen LogP contribution in [-0.2, 0) is 0 Å². The van der Waals surface area contributed by atoms with Crippen LogP contribution in [0, 0.1) is 11.8 Å². The topological polar surface area (TPSA) is 55.5 Å². The van der Waals surface area contributed by atoms with Gasteiger partial charge in [0.15, 0.2) is 0 Å². The molecule has 1 aromatic carbocycles. The van der Waals surface area contributed by atoms with Crippen molar-refractivity contribution in [3.63, 3.8) is 0 Å². The van der Waals surface area contributed by atoms with Gasteiger partial charge in [-0.15, -0.1) is 0 Å². The second-order valence-corrected chi connectivity index (χ2v) is 2.09. The van der Waals surface area contributed by atoms with E-state index in [0.717, 1.165) is 5.69 Å². The SMILES string of the molecule is CN=O.Cc1ccc(N)cc1. The lowest BCUT2D eigenvalue weighted by Crippen LogP contribution is -1.81. The fourth-order valence-corrected chi connectivity index (χ4v) is 0.566. The Bertz CT molecular complexity index is 185. The first-order valence-corrected chi connectivity index (χ1v) is 3.24. The zero-order chi connectivity index (χ0) is 8.69. The monoisotopic (exact) mass is 152 g/mol. The highest BCUT2D eigenvalue weighted by Crippen LogP contribution is 2.02. The van der Waals surface area contributed by atoms with Crippen molar-refractivity contribution in [1.29, 1.82) is 0 Å². The summed E-state index contributed by atoms with van der Waals surface area (Å²) in [7, 11) is 1.19. The molecule has 1 rings (SSSR count). The van der Waals surface area contributed by atoms with Gasteiger partial charge in [-0.05, 0) is 19.1 Å². The molecule has 0 heterocycles. The van der Waals surface area contributed by atoms with Gasteiger partial charge in [0, 0.05) is 5.69 Å². The first-order valence-electron chi connectivity index (χ1n) is 3.24. The highest BCUT2D eigenvalue weighted by molar-refractivity contribution is 5.38. The van der Waals surface area contributed by atoms with E-state index in [1.165, 1.54) is 12.6 Å². The number of aryl methyl sites for hydroxylation is 1. The minimum Gasteiger partial charge on any atom is -0.399 e. The van der Waals surface area contributed by atoms with Crippen molar-refractivity contribution in [2.45, 2.75) is 6.92 Å². The van der Waals surface area contributed by atoms with Crippen molar-refractivity contribution < 1.29 is 0 Å². The molecule has 60 valence electrons. The number of anilines is 1. The van der Waals surface area contributed by atoms with Crippen molar-refractivity contribution in [2.24, 2.45) is 5.18 Å². The summed E-state index contributed by atoms with van der Waals surface area (Å²) >= 11 is 0. The Morgan fingerprint density at radius 2 is 1.64 bits per heavy atom. The molecule has 0 aliphatic rings. The number of nitrogens with two attached hydrogens (primary N) is 1. The van der Waals surface area contributed by atoms with Crippen molar-refractivity contribution in [3.05, 3.63) is 34.7 Å². The molecule has 3 heteroatoms. The van der Waals surface area contributed by atoms with E-state index < -0.39 is 0 Å². The molecule has 0 saturated heterocycles. The van der Waals surface area contributed by atoms with Gasteiger partial charge in [-0.2, -0.15) is 4.91 Å². The summed E-state index contributed by atoms with van der Waals surface area (Å²) in [5, 5.41) is 2.25. The van der Waals surface area contributed by atoms with E-state index >= 15 is 0 Å². The smallest absolute Gasteiger partial charge is 0.0700 e. The molecule has 0 unspecified atom stereocenters. The molecule has 3 nitrogen and oxygen atoms in total. The first-order chi connectivity index (χ1) is 5.20. The van der Waals surface area contributed by atoms with E-state index in [1.807, 2.05) is 31.2 Å². The summed E-state index contributed by atoms with van der Waals surface area (Å²) in [6.07, 6.45) is 0. The molecule has 0 amide bonds. The lowest BCUT2D eigenvalue weighted by molar-refractivity contribution is 1.42. The summed E-state index contributed by atoms with van der Waals surface area (Å²) in [6.45, 7) is 2.04. The molecule has 2 N–H and O–H groups in total. The summed E-state index contributed by atoms with van der Waals surface area (Å²) in [5.41, 5.74) is 7.51. The van der Waals surface area contributed by atoms with Crippen molar-refractivity contribution in [3.8, 4) is 0 Å². The number of nitrogens with zero attached hydrogens (tertiary/aromatic N) is 1. The Morgan fingerprint density at radius 3 is 1.91 bits per heavy atom. The normalized spacial score (nSPS) is 7.82. The van der Waals surface area contributed by atoms with Gasteiger partial charge < -0.3 is 5.73 Å². The maximum absolute atomic E-state index is 8.56. The maximum atomic E-state index is 8.56. The van der Waals surface area contributed by atoms with Crippen LogP contribution in [0.25, 0.3) is 0 Å². The molecule has 0 aliphatic carbocycles. The maximum Gasteiger partial charge on any atom is 0.0700 e. The van der Waals surface area contributed by atoms with Gasteiger partial charge in [0.1, 0.15) is 0 Å². The third kappa shape index (κ3) is 5.08.